The Kier molecular flexibility index (Phi) is 24.5. The van der Waals surface area contributed by atoms with Crippen molar-refractivity contribution in [2.24, 2.45) is 10.8 Å². The number of fused-ring (bicyclic) bond motifs is 2. The van der Waals surface area contributed by atoms with E-state index in [0.717, 1.165) is 21.5 Å². The maximum absolute atomic E-state index is 15.7. The molecule has 2 saturated heterocycles. The standard InChI is InChI=1S/C80H95N17O12/c1-46(82-9)70(98)88-68(79(3,4)5)76(104)94-34-32-63-66(94)74(102)85-61(39-49-20-24-51-16-12-14-18-54(51)36-49)72(100)84-56(41-81)38-48-22-28-59(29-23-48)108-44-57-42-96(92-90-57)64-33-35-95(77(105)69(80(6,7)8)89-71(99)47(2)83-10)67(64)75(103)86-62(40-50-21-25-52-17-13-15-19-55(52)37-50)73(101)87-65(78(106)107-11)53-26-30-60(31-27-53)109-45-58-43-97(63)93-91-58/h12-31,36-37,42-43,46-47,56,61-69,82-83H,32-35,38-40,44-45H2,1-11H3,(H,84,100)(H,85,102)(H,86,103)(H,87,101)(H,88,98)(H,89,99)/t46-,47-,56-,61-,62-,63+,64+,65-,66-,67-,68+,69+/m0/s1. The number of nitriles is 1. The molecule has 6 aliphatic heterocycles. The van der Waals surface area contributed by atoms with Gasteiger partial charge in [0, 0.05) is 32.4 Å². The van der Waals surface area contributed by atoms with Gasteiger partial charge in [-0.05, 0) is 120 Å². The number of nitrogens with zero attached hydrogens (tertiary/aromatic N) is 9. The quantitative estimate of drug-likeness (QED) is 0.0708. The first-order valence-corrected chi connectivity index (χ1v) is 36.6. The third kappa shape index (κ3) is 18.7. The van der Waals surface area contributed by atoms with Crippen LogP contribution in [0.5, 0.6) is 11.5 Å². The van der Waals surface area contributed by atoms with Crippen molar-refractivity contribution in [2.75, 3.05) is 34.3 Å². The number of hydrogen-bond acceptors (Lipinski definition) is 19. The molecule has 572 valence electrons. The van der Waals surface area contributed by atoms with Crippen LogP contribution in [0.25, 0.3) is 21.5 Å². The van der Waals surface area contributed by atoms with Gasteiger partial charge in [0.1, 0.15) is 78.4 Å². The summed E-state index contributed by atoms with van der Waals surface area (Å²) in [4.78, 5) is 136. The Labute approximate surface area is 632 Å². The highest BCUT2D eigenvalue weighted by atomic mass is 16.5. The van der Waals surface area contributed by atoms with Crippen LogP contribution in [0.3, 0.4) is 0 Å². The Morgan fingerprint density at radius 1 is 0.569 bits per heavy atom. The summed E-state index contributed by atoms with van der Waals surface area (Å²) < 4.78 is 20.8. The van der Waals surface area contributed by atoms with Gasteiger partial charge in [-0.3, -0.25) is 38.4 Å². The van der Waals surface area contributed by atoms with Crippen LogP contribution in [0.1, 0.15) is 120 Å². The summed E-state index contributed by atoms with van der Waals surface area (Å²) in [6, 6.07) is 28.7. The van der Waals surface area contributed by atoms with E-state index in [-0.39, 0.29) is 64.0 Å². The Bertz CT molecular complexity index is 4700. The monoisotopic (exact) mass is 1490 g/mol. The van der Waals surface area contributed by atoms with E-state index >= 15 is 24.0 Å². The summed E-state index contributed by atoms with van der Waals surface area (Å²) in [5.41, 5.74) is 1.17. The predicted molar refractivity (Wildman–Crippen MR) is 403 cm³/mol. The zero-order valence-electron chi connectivity index (χ0n) is 63.1. The second-order valence-electron chi connectivity index (χ2n) is 30.2. The van der Waals surface area contributed by atoms with E-state index in [1.807, 2.05) is 106 Å². The summed E-state index contributed by atoms with van der Waals surface area (Å²) in [6.07, 6.45) is 3.47. The number of carbonyl (C=O) groups is 9. The van der Waals surface area contributed by atoms with Crippen LogP contribution < -0.4 is 52.0 Å². The minimum Gasteiger partial charge on any atom is -0.487 e. The average Bonchev–Trinajstić information content (AvgIpc) is 1.65. The van der Waals surface area contributed by atoms with Crippen LogP contribution >= 0.6 is 0 Å². The summed E-state index contributed by atoms with van der Waals surface area (Å²) in [5, 5.41) is 55.6. The topological polar surface area (TPSA) is 369 Å². The number of aromatic nitrogens is 6. The van der Waals surface area contributed by atoms with Gasteiger partial charge in [0.15, 0.2) is 6.04 Å². The SMILES string of the molecule is CN[C@@H](C)C(=O)N[C@H](C(=O)N1CC[C@@H]2[C@H]1C(=O)N[C@@H](Cc1ccc3ccccc3c1)C(=O)N[C@H](C#N)Cc1ccc(cc1)OCc1cn(nn1)[C@@H]1CCN(C(=O)[C@@H](NC(=O)[C@H](C)NC)C(C)(C)C)[C@@H]1C(=O)N[C@@H](Cc1ccc3ccccc3c1)C(=O)N[C@H](C(=O)OC)c1ccc(cc1)OCc1cn2nn1)C(C)(C)C. The molecule has 12 atom stereocenters. The fourth-order valence-corrected chi connectivity index (χ4v) is 13.9. The first kappa shape index (κ1) is 78.4. The van der Waals surface area contributed by atoms with Gasteiger partial charge in [0.25, 0.3) is 0 Å². The van der Waals surface area contributed by atoms with Crippen molar-refractivity contribution in [3.05, 3.63) is 179 Å². The second kappa shape index (κ2) is 34.1. The number of hydrogen-bond donors (Lipinski definition) is 8. The molecule has 8 aromatic rings. The summed E-state index contributed by atoms with van der Waals surface area (Å²) in [5.74, 6) is -5.04. The molecule has 8 N–H and O–H groups in total. The van der Waals surface area contributed by atoms with Crippen LogP contribution in [0, 0.1) is 22.2 Å². The molecule has 8 heterocycles. The lowest BCUT2D eigenvalue weighted by Crippen LogP contribution is -2.61. The lowest BCUT2D eigenvalue weighted by atomic mass is 9.85. The van der Waals surface area contributed by atoms with Crippen molar-refractivity contribution in [2.45, 2.75) is 173 Å². The molecule has 0 unspecified atom stereocenters. The first-order valence-electron chi connectivity index (χ1n) is 36.6. The van der Waals surface area contributed by atoms with E-state index in [9.17, 15) is 24.4 Å². The highest BCUT2D eigenvalue weighted by Crippen LogP contribution is 2.36. The van der Waals surface area contributed by atoms with E-state index < -0.39 is 137 Å². The Balaban J connectivity index is 0.954. The molecule has 6 aromatic carbocycles. The van der Waals surface area contributed by atoms with E-state index in [2.05, 4.69) is 69.2 Å². The lowest BCUT2D eigenvalue weighted by molar-refractivity contribution is -0.146. The molecule has 14 rings (SSSR count). The molecule has 0 saturated carbocycles. The van der Waals surface area contributed by atoms with E-state index in [4.69, 9.17) is 14.2 Å². The molecule has 29 nitrogen and oxygen atoms in total. The van der Waals surface area contributed by atoms with Gasteiger partial charge in [-0.25, -0.2) is 14.2 Å². The van der Waals surface area contributed by atoms with Gasteiger partial charge < -0.3 is 66.5 Å². The molecule has 0 radical (unpaired) electrons. The molecule has 2 aromatic heterocycles. The van der Waals surface area contributed by atoms with Gasteiger partial charge >= 0.3 is 5.97 Å². The maximum atomic E-state index is 15.7. The minimum atomic E-state index is -1.44. The number of ether oxygens (including phenoxy) is 3. The molecule has 0 aliphatic carbocycles. The minimum absolute atomic E-state index is 0.0246. The van der Waals surface area contributed by atoms with Crippen molar-refractivity contribution in [1.29, 1.82) is 5.26 Å². The largest absolute Gasteiger partial charge is 0.487 e. The van der Waals surface area contributed by atoms with E-state index in [1.54, 1.807) is 110 Å². The summed E-state index contributed by atoms with van der Waals surface area (Å²) in [6.45, 7) is 13.9. The Morgan fingerprint density at radius 2 is 0.991 bits per heavy atom. The lowest BCUT2D eigenvalue weighted by Gasteiger charge is -2.37. The zero-order chi connectivity index (χ0) is 78.0. The fraction of sp³-hybridized carbons (Fsp3) is 0.425. The van der Waals surface area contributed by atoms with E-state index in [1.165, 1.54) is 26.3 Å². The smallest absolute Gasteiger partial charge is 0.333 e. The number of esters is 1. The second-order valence-corrected chi connectivity index (χ2v) is 30.2. The number of likely N-dealkylation sites (N-methyl/N-ethyl adjacent to an activating group) is 2. The molecule has 0 spiro atoms. The molecule has 8 bridgehead atoms. The average molecular weight is 1490 g/mol. The van der Waals surface area contributed by atoms with Crippen molar-refractivity contribution in [1.82, 2.24) is 82.3 Å². The predicted octanol–water partition coefficient (Wildman–Crippen LogP) is 4.95. The molecule has 2 fully saturated rings. The number of amides is 8. The number of likely N-dealkylation sites (tertiary alicyclic amines) is 2. The van der Waals surface area contributed by atoms with Gasteiger partial charge in [-0.15, -0.1) is 10.2 Å². The van der Waals surface area contributed by atoms with Crippen molar-refractivity contribution in [3.63, 3.8) is 0 Å². The maximum Gasteiger partial charge on any atom is 0.333 e. The Morgan fingerprint density at radius 3 is 1.40 bits per heavy atom. The number of carbonyl (C=O) groups excluding carboxylic acids is 9. The molecule has 29 heteroatoms. The van der Waals surface area contributed by atoms with Crippen LogP contribution in [0.2, 0.25) is 0 Å². The third-order valence-electron chi connectivity index (χ3n) is 20.4. The van der Waals surface area contributed by atoms with Crippen LogP contribution in [0.4, 0.5) is 0 Å². The van der Waals surface area contributed by atoms with Crippen molar-refractivity contribution >= 4 is 74.8 Å². The van der Waals surface area contributed by atoms with Gasteiger partial charge in [-0.2, -0.15) is 5.26 Å². The first-order chi connectivity index (χ1) is 52.1. The Hall–Kier alpha value is -11.6. The molecule has 6 aliphatic rings. The van der Waals surface area contributed by atoms with Crippen molar-refractivity contribution in [3.8, 4) is 17.6 Å². The number of nitrogens with one attached hydrogen (secondary N) is 8. The highest BCUT2D eigenvalue weighted by Gasteiger charge is 2.51. The molecule has 109 heavy (non-hydrogen) atoms. The molecule has 8 amide bonds. The summed E-state index contributed by atoms with van der Waals surface area (Å²) >= 11 is 0. The van der Waals surface area contributed by atoms with E-state index in [0.29, 0.717) is 39.6 Å². The summed E-state index contributed by atoms with van der Waals surface area (Å²) in [7, 11) is 4.43. The normalized spacial score (nSPS) is 21.6. The van der Waals surface area contributed by atoms with Gasteiger partial charge in [0.05, 0.1) is 49.7 Å². The van der Waals surface area contributed by atoms with Gasteiger partial charge in [0.2, 0.25) is 47.3 Å². The van der Waals surface area contributed by atoms with Gasteiger partial charge in [-0.1, -0.05) is 161 Å². The highest BCUT2D eigenvalue weighted by molar-refractivity contribution is 5.98. The number of methoxy groups -OCH3 is 1. The third-order valence-corrected chi connectivity index (χ3v) is 20.4. The van der Waals surface area contributed by atoms with Crippen LogP contribution in [-0.2, 0) is 80.4 Å². The number of rotatable bonds is 13. The van der Waals surface area contributed by atoms with Crippen LogP contribution in [0.15, 0.2) is 146 Å². The van der Waals surface area contributed by atoms with Crippen LogP contribution in [-0.4, -0.2) is 182 Å². The van der Waals surface area contributed by atoms with Crippen molar-refractivity contribution < 1.29 is 57.4 Å². The molecular weight excluding hydrogens is 1390 g/mol. The fourth-order valence-electron chi connectivity index (χ4n) is 13.9. The molecular formula is C80H95N17O12. The number of benzene rings is 6. The zero-order valence-corrected chi connectivity index (χ0v) is 63.1.